The molecule has 3 aliphatic heterocycles. The molecule has 15 nitrogen and oxygen atoms in total. The number of likely N-dealkylation sites (tertiary alicyclic amines) is 1. The predicted octanol–water partition coefficient (Wildman–Crippen LogP) is 5.32. The number of carbonyl (C=O) groups excluding carboxylic acids is 2. The quantitative estimate of drug-likeness (QED) is 0.0991. The van der Waals surface area contributed by atoms with Gasteiger partial charge in [0.05, 0.1) is 23.2 Å². The van der Waals surface area contributed by atoms with Crippen molar-refractivity contribution in [3.63, 3.8) is 0 Å². The summed E-state index contributed by atoms with van der Waals surface area (Å²) < 4.78 is 11.8. The fraction of sp³-hybridized carbons (Fsp3) is 0.688. The number of carbonyl (C=O) groups is 2. The van der Waals surface area contributed by atoms with Crippen molar-refractivity contribution in [3.8, 4) is 0 Å². The van der Waals surface area contributed by atoms with Crippen LogP contribution in [-0.4, -0.2) is 133 Å². The molecule has 5 fully saturated rings. The maximum atomic E-state index is 13.1. The summed E-state index contributed by atoms with van der Waals surface area (Å²) in [5.74, 6) is 1.33. The maximum Gasteiger partial charge on any atom is 0.329 e. The van der Waals surface area contributed by atoms with Gasteiger partial charge in [-0.15, -0.1) is 0 Å². The van der Waals surface area contributed by atoms with E-state index >= 15 is 0 Å². The number of hydrogen-bond acceptors (Lipinski definition) is 11. The summed E-state index contributed by atoms with van der Waals surface area (Å²) in [6.07, 6.45) is 17.1. The highest BCUT2D eigenvalue weighted by Crippen LogP contribution is 2.42. The number of nitrogens with one attached hydrogen (secondary N) is 2. The summed E-state index contributed by atoms with van der Waals surface area (Å²) in [5, 5.41) is 17.4. The Morgan fingerprint density at radius 3 is 2.44 bits per heavy atom. The van der Waals surface area contributed by atoms with Crippen molar-refractivity contribution in [2.24, 2.45) is 13.0 Å². The molecule has 6 heterocycles. The molecule has 9 rings (SSSR count). The summed E-state index contributed by atoms with van der Waals surface area (Å²) in [6.45, 7) is 14.6. The van der Waals surface area contributed by atoms with E-state index in [4.69, 9.17) is 14.7 Å². The number of aliphatic hydroxyl groups excluding tert-OH is 1. The maximum absolute atomic E-state index is 13.1. The second kappa shape index (κ2) is 19.5. The molecule has 4 aromatic rings. The molecule has 2 saturated carbocycles. The molecule has 0 bridgehead atoms. The lowest BCUT2D eigenvalue weighted by atomic mass is 9.78. The van der Waals surface area contributed by atoms with Crippen LogP contribution in [-0.2, 0) is 27.9 Å². The van der Waals surface area contributed by atoms with Crippen LogP contribution < -0.4 is 16.3 Å². The van der Waals surface area contributed by atoms with E-state index in [0.29, 0.717) is 24.4 Å². The molecule has 2 atom stereocenters. The number of nitrogens with zero attached hydrogens (tertiary/aromatic N) is 8. The van der Waals surface area contributed by atoms with Crippen molar-refractivity contribution in [2.75, 3.05) is 64.3 Å². The molecule has 1 unspecified atom stereocenters. The average Bonchev–Trinajstić information content (AvgIpc) is 3.76. The first-order valence-electron chi connectivity index (χ1n) is 24.2. The number of fused-ring (bicyclic) bond motifs is 2. The van der Waals surface area contributed by atoms with Crippen LogP contribution in [0.3, 0.4) is 0 Å². The first kappa shape index (κ1) is 44.1. The Morgan fingerprint density at radius 1 is 0.937 bits per heavy atom. The molecule has 3 N–H and O–H groups in total. The van der Waals surface area contributed by atoms with E-state index in [9.17, 15) is 19.5 Å². The summed E-state index contributed by atoms with van der Waals surface area (Å²) in [7, 11) is 1.74. The molecule has 5 aliphatic rings. The van der Waals surface area contributed by atoms with Crippen molar-refractivity contribution < 1.29 is 19.4 Å². The van der Waals surface area contributed by atoms with E-state index in [1.165, 1.54) is 47.7 Å². The molecular weight excluding hydrogens is 797 g/mol. The zero-order valence-corrected chi connectivity index (χ0v) is 37.8. The van der Waals surface area contributed by atoms with Gasteiger partial charge < -0.3 is 29.5 Å². The number of imidazole rings is 1. The Morgan fingerprint density at radius 2 is 1.70 bits per heavy atom. The number of ether oxygens (including phenoxy) is 1. The Balaban J connectivity index is 0.680. The van der Waals surface area contributed by atoms with Gasteiger partial charge >= 0.3 is 5.69 Å². The lowest BCUT2D eigenvalue weighted by Gasteiger charge is -2.39. The van der Waals surface area contributed by atoms with Crippen LogP contribution in [0.25, 0.3) is 22.1 Å². The number of imide groups is 1. The van der Waals surface area contributed by atoms with Crippen molar-refractivity contribution in [1.29, 1.82) is 0 Å². The first-order valence-corrected chi connectivity index (χ1v) is 24.2. The van der Waals surface area contributed by atoms with Crippen molar-refractivity contribution >= 4 is 39.8 Å². The van der Waals surface area contributed by atoms with E-state index < -0.39 is 11.9 Å². The van der Waals surface area contributed by atoms with Gasteiger partial charge in [0.15, 0.2) is 0 Å². The monoisotopic (exact) mass is 867 g/mol. The van der Waals surface area contributed by atoms with Gasteiger partial charge in [-0.05, 0) is 113 Å². The van der Waals surface area contributed by atoms with Gasteiger partial charge in [-0.3, -0.25) is 28.9 Å². The molecular formula is C48H70N10O5. The Bertz CT molecular complexity index is 2270. The summed E-state index contributed by atoms with van der Waals surface area (Å²) in [6, 6.07) is 6.06. The van der Waals surface area contributed by atoms with Gasteiger partial charge in [-0.1, -0.05) is 19.4 Å². The van der Waals surface area contributed by atoms with Gasteiger partial charge in [-0.2, -0.15) is 4.98 Å². The van der Waals surface area contributed by atoms with Crippen molar-refractivity contribution in [3.05, 3.63) is 52.2 Å². The number of rotatable bonds is 16. The Labute approximate surface area is 371 Å². The topological polar surface area (TPSA) is 155 Å². The molecule has 2 aliphatic carbocycles. The highest BCUT2D eigenvalue weighted by molar-refractivity contribution is 6.00. The minimum absolute atomic E-state index is 0.172. The van der Waals surface area contributed by atoms with Crippen LogP contribution in [0.5, 0.6) is 0 Å². The van der Waals surface area contributed by atoms with Crippen LogP contribution >= 0.6 is 0 Å². The number of benzene rings is 1. The van der Waals surface area contributed by atoms with E-state index in [-0.39, 0.29) is 30.2 Å². The predicted molar refractivity (Wildman–Crippen MR) is 245 cm³/mol. The van der Waals surface area contributed by atoms with Crippen molar-refractivity contribution in [1.82, 2.24) is 43.7 Å². The van der Waals surface area contributed by atoms with E-state index in [1.54, 1.807) is 11.6 Å². The second-order valence-corrected chi connectivity index (χ2v) is 19.6. The Hall–Kier alpha value is -4.15. The third-order valence-corrected chi connectivity index (χ3v) is 15.0. The first-order chi connectivity index (χ1) is 30.6. The zero-order valence-electron chi connectivity index (χ0n) is 37.8. The number of anilines is 1. The molecule has 3 saturated heterocycles. The van der Waals surface area contributed by atoms with Crippen LogP contribution in [0.2, 0.25) is 0 Å². The smallest absolute Gasteiger partial charge is 0.329 e. The second-order valence-electron chi connectivity index (χ2n) is 19.6. The summed E-state index contributed by atoms with van der Waals surface area (Å²) in [4.78, 5) is 55.0. The molecule has 2 amide bonds. The number of aryl methyl sites for hydroxylation is 1. The van der Waals surface area contributed by atoms with Gasteiger partial charge in [0, 0.05) is 109 Å². The molecule has 0 spiro atoms. The van der Waals surface area contributed by atoms with Gasteiger partial charge in [0.25, 0.3) is 0 Å². The number of piperidine rings is 1. The van der Waals surface area contributed by atoms with E-state index in [2.05, 4.69) is 56.1 Å². The minimum Gasteiger partial charge on any atom is -0.393 e. The third-order valence-electron chi connectivity index (χ3n) is 15.0. The molecule has 63 heavy (non-hydrogen) atoms. The molecule has 342 valence electrons. The van der Waals surface area contributed by atoms with Gasteiger partial charge in [-0.25, -0.2) is 9.78 Å². The van der Waals surface area contributed by atoms with E-state index in [0.717, 1.165) is 138 Å². The van der Waals surface area contributed by atoms with E-state index in [1.807, 2.05) is 18.2 Å². The number of aliphatic hydroxyl groups is 1. The lowest BCUT2D eigenvalue weighted by molar-refractivity contribution is -0.135. The molecule has 15 heteroatoms. The van der Waals surface area contributed by atoms with Crippen LogP contribution in [0.4, 0.5) is 5.95 Å². The number of hydrogen-bond donors (Lipinski definition) is 3. The normalized spacial score (nSPS) is 26.3. The lowest BCUT2D eigenvalue weighted by Crippen LogP contribution is -2.51. The average molecular weight is 867 g/mol. The molecule has 1 aromatic carbocycles. The highest BCUT2D eigenvalue weighted by atomic mass is 16.5. The largest absolute Gasteiger partial charge is 0.393 e. The van der Waals surface area contributed by atoms with Crippen molar-refractivity contribution in [2.45, 2.75) is 140 Å². The zero-order chi connectivity index (χ0) is 43.6. The number of piperazine rings is 1. The molecule has 0 radical (unpaired) electrons. The fourth-order valence-electron chi connectivity index (χ4n) is 11.3. The third kappa shape index (κ3) is 9.92. The summed E-state index contributed by atoms with van der Waals surface area (Å²) in [5.41, 5.74) is 4.89. The summed E-state index contributed by atoms with van der Waals surface area (Å²) >= 11 is 0. The fourth-order valence-corrected chi connectivity index (χ4v) is 11.3. The van der Waals surface area contributed by atoms with Gasteiger partial charge in [0.2, 0.25) is 17.8 Å². The highest BCUT2D eigenvalue weighted by Gasteiger charge is 2.33. The minimum atomic E-state index is -0.672. The van der Waals surface area contributed by atoms with Crippen LogP contribution in [0.1, 0.15) is 126 Å². The standard InChI is InChI=1S/C48H70N10O5/c1-4-6-32(2)50-47-49-26-39-40(31-57(45(39)52-47)36-12-14-37(59)15-13-36)35-10-7-33(8-11-35)27-55-22-20-54(21-23-55)19-5-24-63-38-29-56(30-38)28-34-9-16-41-43(25-34)53(3)48(62)58(41)42-17-18-44(60)51-46(42)61/h9,16,25-26,31-33,35-38,42,59H,4-8,10-15,17-24,27-30H2,1-3H3,(H,49,50,52)(H,51,60,61)/t32-,33-,35+,36-,37-,42?/m0/s1. The molecule has 3 aromatic heterocycles. The van der Waals surface area contributed by atoms with Crippen LogP contribution in [0.15, 0.2) is 35.4 Å². The van der Waals surface area contributed by atoms with Crippen LogP contribution in [0, 0.1) is 5.92 Å². The number of amides is 2. The SMILES string of the molecule is CCC[C@H](C)Nc1ncc2c(n1)n([C@H]1CC[C@H](O)CC1)cc2[C@H]1CC[C@@H](CN2CCN(CCCOC3CN(Cc4ccc5c(c4)n(C)c(=O)n5C4CCC(=O)NC4=O)C3)CC2)CC1. The van der Waals surface area contributed by atoms with Gasteiger partial charge in [0.1, 0.15) is 11.7 Å². The number of aromatic nitrogens is 5. The Kier molecular flexibility index (Phi) is 13.7.